The first-order valence-corrected chi connectivity index (χ1v) is 7.20. The number of quaternary nitrogens is 1. The van der Waals surface area contributed by atoms with E-state index in [2.05, 4.69) is 27.7 Å². The first-order valence-electron chi connectivity index (χ1n) is 7.20. The molecule has 0 unspecified atom stereocenters. The summed E-state index contributed by atoms with van der Waals surface area (Å²) in [5.41, 5.74) is 0. The fraction of sp³-hybridized carbons (Fsp3) is 0.857. The molecule has 0 bridgehead atoms. The molecule has 5 heteroatoms. The lowest BCUT2D eigenvalue weighted by Gasteiger charge is -2.38. The molecule has 0 aliphatic carbocycles. The fourth-order valence-corrected chi connectivity index (χ4v) is 2.57. The van der Waals surface area contributed by atoms with Crippen LogP contribution in [0.3, 0.4) is 0 Å². The summed E-state index contributed by atoms with van der Waals surface area (Å²) in [7, 11) is 0. The van der Waals surface area contributed by atoms with E-state index in [4.69, 9.17) is 19.8 Å². The molecule has 0 saturated heterocycles. The standard InChI is InChI=1S/C12H28N.C2H2O4/c1-5-9-13(10-6-2,11-7-3)12-8-4;3-1(4)2(5)6/h5-12H2,1-4H3;(H,3,4)(H,5,6)/q+1;. The zero-order valence-corrected chi connectivity index (χ0v) is 12.8. The summed E-state index contributed by atoms with van der Waals surface area (Å²) >= 11 is 0. The van der Waals surface area contributed by atoms with Crippen LogP contribution in [0.1, 0.15) is 53.4 Å². The van der Waals surface area contributed by atoms with Crippen molar-refractivity contribution in [2.75, 3.05) is 26.2 Å². The van der Waals surface area contributed by atoms with Gasteiger partial charge in [-0.3, -0.25) is 0 Å². The molecule has 114 valence electrons. The Hall–Kier alpha value is -1.10. The van der Waals surface area contributed by atoms with E-state index in [-0.39, 0.29) is 0 Å². The second-order valence-corrected chi connectivity index (χ2v) is 4.85. The van der Waals surface area contributed by atoms with E-state index in [0.717, 1.165) is 0 Å². The molecule has 0 aromatic rings. The van der Waals surface area contributed by atoms with Crippen LogP contribution in [0.5, 0.6) is 0 Å². The predicted octanol–water partition coefficient (Wildman–Crippen LogP) is 2.60. The molecule has 0 aliphatic heterocycles. The summed E-state index contributed by atoms with van der Waals surface area (Å²) in [5.74, 6) is -3.65. The van der Waals surface area contributed by atoms with Crippen molar-refractivity contribution in [3.8, 4) is 0 Å². The molecule has 0 spiro atoms. The van der Waals surface area contributed by atoms with Gasteiger partial charge in [-0.2, -0.15) is 0 Å². The van der Waals surface area contributed by atoms with Crippen LogP contribution in [0.25, 0.3) is 0 Å². The molecular weight excluding hydrogens is 246 g/mol. The molecule has 0 aromatic carbocycles. The predicted molar refractivity (Wildman–Crippen MR) is 76.2 cm³/mol. The Kier molecular flexibility index (Phi) is 12.7. The first kappa shape index (κ1) is 20.2. The highest BCUT2D eigenvalue weighted by Crippen LogP contribution is 2.12. The van der Waals surface area contributed by atoms with Gasteiger partial charge < -0.3 is 14.7 Å². The summed E-state index contributed by atoms with van der Waals surface area (Å²) in [6, 6.07) is 0. The SMILES string of the molecule is CCC[N+](CCC)(CCC)CCC.O=C(O)C(=O)O. The minimum absolute atomic E-state index is 1.33. The van der Waals surface area contributed by atoms with E-state index < -0.39 is 11.9 Å². The third-order valence-electron chi connectivity index (χ3n) is 2.97. The van der Waals surface area contributed by atoms with Crippen molar-refractivity contribution in [1.82, 2.24) is 0 Å². The van der Waals surface area contributed by atoms with E-state index in [1.54, 1.807) is 0 Å². The zero-order chi connectivity index (χ0) is 15.3. The highest BCUT2D eigenvalue weighted by Gasteiger charge is 2.22. The van der Waals surface area contributed by atoms with Crippen molar-refractivity contribution >= 4 is 11.9 Å². The van der Waals surface area contributed by atoms with Gasteiger partial charge in [0.25, 0.3) is 0 Å². The molecule has 0 heterocycles. The Balaban J connectivity index is 0. The van der Waals surface area contributed by atoms with Gasteiger partial charge in [-0.1, -0.05) is 27.7 Å². The van der Waals surface area contributed by atoms with Crippen LogP contribution in [-0.4, -0.2) is 52.8 Å². The minimum Gasteiger partial charge on any atom is -0.473 e. The van der Waals surface area contributed by atoms with Gasteiger partial charge >= 0.3 is 11.9 Å². The summed E-state index contributed by atoms with van der Waals surface area (Å²) in [5, 5.41) is 14.8. The molecule has 0 radical (unpaired) electrons. The second-order valence-electron chi connectivity index (χ2n) is 4.85. The van der Waals surface area contributed by atoms with Gasteiger partial charge in [0, 0.05) is 0 Å². The molecule has 2 N–H and O–H groups in total. The molecule has 0 aliphatic rings. The Morgan fingerprint density at radius 3 is 1.00 bits per heavy atom. The Bertz CT molecular complexity index is 212. The molecule has 0 atom stereocenters. The van der Waals surface area contributed by atoms with E-state index >= 15 is 0 Å². The van der Waals surface area contributed by atoms with Gasteiger partial charge in [0.2, 0.25) is 0 Å². The van der Waals surface area contributed by atoms with Crippen molar-refractivity contribution in [1.29, 1.82) is 0 Å². The highest BCUT2D eigenvalue weighted by atomic mass is 16.4. The lowest BCUT2D eigenvalue weighted by atomic mass is 10.2. The van der Waals surface area contributed by atoms with Crippen molar-refractivity contribution in [2.24, 2.45) is 0 Å². The van der Waals surface area contributed by atoms with Crippen LogP contribution in [0, 0.1) is 0 Å². The maximum Gasteiger partial charge on any atom is 0.414 e. The van der Waals surface area contributed by atoms with E-state index in [1.165, 1.54) is 56.3 Å². The molecule has 0 amide bonds. The van der Waals surface area contributed by atoms with Crippen LogP contribution < -0.4 is 0 Å². The number of carboxylic acid groups (broad SMARTS) is 2. The lowest BCUT2D eigenvalue weighted by Crippen LogP contribution is -2.50. The van der Waals surface area contributed by atoms with Gasteiger partial charge in [0.15, 0.2) is 0 Å². The minimum atomic E-state index is -1.82. The largest absolute Gasteiger partial charge is 0.473 e. The van der Waals surface area contributed by atoms with Crippen LogP contribution in [-0.2, 0) is 9.59 Å². The summed E-state index contributed by atoms with van der Waals surface area (Å²) < 4.78 is 1.38. The quantitative estimate of drug-likeness (QED) is 0.528. The molecule has 0 saturated carbocycles. The molecule has 0 aromatic heterocycles. The van der Waals surface area contributed by atoms with Gasteiger partial charge in [0.05, 0.1) is 26.2 Å². The van der Waals surface area contributed by atoms with E-state index in [0.29, 0.717) is 0 Å². The normalized spacial score (nSPS) is 10.5. The molecule has 0 fully saturated rings. The molecule has 0 rings (SSSR count). The monoisotopic (exact) mass is 276 g/mol. The van der Waals surface area contributed by atoms with Gasteiger partial charge in [-0.25, -0.2) is 9.59 Å². The maximum absolute atomic E-state index is 9.10. The van der Waals surface area contributed by atoms with Crippen molar-refractivity contribution in [3.63, 3.8) is 0 Å². The van der Waals surface area contributed by atoms with Gasteiger partial charge in [-0.05, 0) is 25.7 Å². The number of hydrogen-bond donors (Lipinski definition) is 2. The number of rotatable bonds is 8. The Morgan fingerprint density at radius 1 is 0.684 bits per heavy atom. The molecular formula is C14H30NO4+. The third-order valence-corrected chi connectivity index (χ3v) is 2.97. The number of carboxylic acids is 2. The summed E-state index contributed by atoms with van der Waals surface area (Å²) in [4.78, 5) is 18.2. The smallest absolute Gasteiger partial charge is 0.414 e. The average molecular weight is 276 g/mol. The van der Waals surface area contributed by atoms with E-state index in [9.17, 15) is 0 Å². The number of hydrogen-bond acceptors (Lipinski definition) is 2. The summed E-state index contributed by atoms with van der Waals surface area (Å²) in [6.45, 7) is 14.8. The van der Waals surface area contributed by atoms with E-state index in [1.807, 2.05) is 0 Å². The summed E-state index contributed by atoms with van der Waals surface area (Å²) in [6.07, 6.45) is 5.33. The number of nitrogens with zero attached hydrogens (tertiary/aromatic N) is 1. The second kappa shape index (κ2) is 12.0. The van der Waals surface area contributed by atoms with Crippen LogP contribution in [0.15, 0.2) is 0 Å². The highest BCUT2D eigenvalue weighted by molar-refractivity contribution is 6.27. The number of carbonyl (C=O) groups is 2. The average Bonchev–Trinajstić information content (AvgIpc) is 2.31. The Labute approximate surface area is 116 Å². The zero-order valence-electron chi connectivity index (χ0n) is 12.8. The fourth-order valence-electron chi connectivity index (χ4n) is 2.57. The number of aliphatic carboxylic acids is 2. The van der Waals surface area contributed by atoms with Crippen LogP contribution in [0.4, 0.5) is 0 Å². The van der Waals surface area contributed by atoms with Gasteiger partial charge in [-0.15, -0.1) is 0 Å². The van der Waals surface area contributed by atoms with Crippen molar-refractivity contribution in [3.05, 3.63) is 0 Å². The lowest BCUT2D eigenvalue weighted by molar-refractivity contribution is -0.928. The third kappa shape index (κ3) is 10.5. The Morgan fingerprint density at radius 2 is 0.895 bits per heavy atom. The van der Waals surface area contributed by atoms with Crippen LogP contribution in [0.2, 0.25) is 0 Å². The van der Waals surface area contributed by atoms with Crippen LogP contribution >= 0.6 is 0 Å². The van der Waals surface area contributed by atoms with Crippen molar-refractivity contribution in [2.45, 2.75) is 53.4 Å². The first-order chi connectivity index (χ1) is 8.89. The van der Waals surface area contributed by atoms with Crippen molar-refractivity contribution < 1.29 is 24.3 Å². The topological polar surface area (TPSA) is 74.6 Å². The van der Waals surface area contributed by atoms with Gasteiger partial charge in [0.1, 0.15) is 0 Å². The molecule has 5 nitrogen and oxygen atoms in total. The maximum atomic E-state index is 9.10. The molecule has 19 heavy (non-hydrogen) atoms.